The summed E-state index contributed by atoms with van der Waals surface area (Å²) in [6.07, 6.45) is 0. The summed E-state index contributed by atoms with van der Waals surface area (Å²) in [4.78, 5) is 28.5. The van der Waals surface area contributed by atoms with Gasteiger partial charge in [0.25, 0.3) is 11.8 Å². The average molecular weight is 391 g/mol. The first-order valence-electron chi connectivity index (χ1n) is 9.88. The molecule has 0 radical (unpaired) electrons. The first kappa shape index (κ1) is 17.0. The molecule has 0 atom stereocenters. The monoisotopic (exact) mass is 391 g/mol. The van der Waals surface area contributed by atoms with Crippen molar-refractivity contribution in [1.29, 1.82) is 0 Å². The second-order valence-corrected chi connectivity index (χ2v) is 7.81. The fourth-order valence-corrected chi connectivity index (χ4v) is 4.70. The minimum atomic E-state index is -0.300. The number of imide groups is 1. The molecule has 144 valence electrons. The maximum Gasteiger partial charge on any atom is 0.266 e. The van der Waals surface area contributed by atoms with Crippen molar-refractivity contribution >= 4 is 50.2 Å². The Hall–Kier alpha value is -3.92. The summed E-state index contributed by atoms with van der Waals surface area (Å²) >= 11 is 0. The van der Waals surface area contributed by atoms with Gasteiger partial charge in [0.15, 0.2) is 0 Å². The molecule has 0 saturated heterocycles. The quantitative estimate of drug-likeness (QED) is 0.322. The molecule has 4 heteroatoms. The van der Waals surface area contributed by atoms with Gasteiger partial charge in [-0.1, -0.05) is 48.5 Å². The summed E-state index contributed by atoms with van der Waals surface area (Å²) < 4.78 is 6.13. The van der Waals surface area contributed by atoms with Gasteiger partial charge in [0, 0.05) is 32.7 Å². The van der Waals surface area contributed by atoms with Crippen LogP contribution in [-0.4, -0.2) is 11.8 Å². The lowest BCUT2D eigenvalue weighted by molar-refractivity contribution is 0.0893. The molecule has 0 unspecified atom stereocenters. The standard InChI is InChI=1S/C26H17NO3/c1-14-7-5-8-15(2)23(14)27-25(28)18-11-6-10-17-22(18)20(26(27)29)13-19-16-9-3-4-12-21(16)30-24(17)19/h3-13H,1-2H3. The van der Waals surface area contributed by atoms with Crippen LogP contribution in [0.5, 0.6) is 0 Å². The summed E-state index contributed by atoms with van der Waals surface area (Å²) in [7, 11) is 0. The van der Waals surface area contributed by atoms with Crippen LogP contribution in [-0.2, 0) is 0 Å². The molecular weight excluding hydrogens is 374 g/mol. The lowest BCUT2D eigenvalue weighted by Gasteiger charge is -2.29. The first-order valence-corrected chi connectivity index (χ1v) is 9.88. The number of fused-ring (bicyclic) bond motifs is 4. The number of hydrogen-bond donors (Lipinski definition) is 0. The lowest BCUT2D eigenvalue weighted by atomic mass is 9.91. The van der Waals surface area contributed by atoms with Gasteiger partial charge >= 0.3 is 0 Å². The minimum absolute atomic E-state index is 0.298. The molecule has 4 aromatic carbocycles. The Morgan fingerprint density at radius 1 is 0.700 bits per heavy atom. The van der Waals surface area contributed by atoms with Gasteiger partial charge in [-0.3, -0.25) is 9.59 Å². The van der Waals surface area contributed by atoms with Gasteiger partial charge in [0.1, 0.15) is 11.2 Å². The van der Waals surface area contributed by atoms with Gasteiger partial charge in [0.2, 0.25) is 0 Å². The van der Waals surface area contributed by atoms with Gasteiger partial charge in [-0.05, 0) is 43.2 Å². The molecule has 6 rings (SSSR count). The summed E-state index contributed by atoms with van der Waals surface area (Å²) in [6.45, 7) is 3.84. The van der Waals surface area contributed by atoms with E-state index in [2.05, 4.69) is 0 Å². The van der Waals surface area contributed by atoms with E-state index in [0.29, 0.717) is 27.8 Å². The van der Waals surface area contributed by atoms with E-state index in [1.54, 1.807) is 6.07 Å². The second kappa shape index (κ2) is 5.80. The minimum Gasteiger partial charge on any atom is -0.455 e. The maximum atomic E-state index is 13.7. The Morgan fingerprint density at radius 2 is 1.37 bits per heavy atom. The zero-order valence-corrected chi connectivity index (χ0v) is 16.5. The number of benzene rings is 4. The van der Waals surface area contributed by atoms with Gasteiger partial charge in [-0.15, -0.1) is 0 Å². The first-order chi connectivity index (χ1) is 14.6. The third kappa shape index (κ3) is 2.05. The smallest absolute Gasteiger partial charge is 0.266 e. The predicted octanol–water partition coefficient (Wildman–Crippen LogP) is 6.16. The number of furan rings is 1. The molecule has 0 bridgehead atoms. The topological polar surface area (TPSA) is 50.5 Å². The number of anilines is 1. The van der Waals surface area contributed by atoms with Crippen LogP contribution in [0.15, 0.2) is 71.1 Å². The highest BCUT2D eigenvalue weighted by molar-refractivity contribution is 6.38. The Kier molecular flexibility index (Phi) is 3.28. The van der Waals surface area contributed by atoms with Crippen molar-refractivity contribution < 1.29 is 14.0 Å². The highest BCUT2D eigenvalue weighted by Gasteiger charge is 2.36. The molecule has 1 aromatic heterocycles. The van der Waals surface area contributed by atoms with Crippen LogP contribution in [0.25, 0.3) is 32.7 Å². The van der Waals surface area contributed by atoms with Crippen LogP contribution in [0.1, 0.15) is 31.8 Å². The predicted molar refractivity (Wildman–Crippen MR) is 118 cm³/mol. The van der Waals surface area contributed by atoms with Gasteiger partial charge in [-0.2, -0.15) is 0 Å². The van der Waals surface area contributed by atoms with Crippen molar-refractivity contribution in [1.82, 2.24) is 0 Å². The molecule has 30 heavy (non-hydrogen) atoms. The largest absolute Gasteiger partial charge is 0.455 e. The number of carbonyl (C=O) groups excluding carboxylic acids is 2. The number of para-hydroxylation sites is 2. The lowest BCUT2D eigenvalue weighted by Crippen LogP contribution is -2.41. The van der Waals surface area contributed by atoms with Crippen LogP contribution in [0.3, 0.4) is 0 Å². The molecule has 0 saturated carbocycles. The molecule has 4 nitrogen and oxygen atoms in total. The van der Waals surface area contributed by atoms with Crippen molar-refractivity contribution in [2.24, 2.45) is 0 Å². The third-order valence-corrected chi connectivity index (χ3v) is 6.03. The number of hydrogen-bond acceptors (Lipinski definition) is 3. The molecule has 0 aliphatic carbocycles. The Bertz CT molecular complexity index is 1540. The highest BCUT2D eigenvalue weighted by Crippen LogP contribution is 2.41. The van der Waals surface area contributed by atoms with Gasteiger partial charge < -0.3 is 4.42 Å². The Morgan fingerprint density at radius 3 is 2.17 bits per heavy atom. The summed E-state index contributed by atoms with van der Waals surface area (Å²) in [5.41, 5.74) is 4.96. The van der Waals surface area contributed by atoms with Crippen LogP contribution < -0.4 is 4.90 Å². The van der Waals surface area contributed by atoms with Crippen molar-refractivity contribution in [2.45, 2.75) is 13.8 Å². The number of nitrogens with zero attached hydrogens (tertiary/aromatic N) is 1. The fraction of sp³-hybridized carbons (Fsp3) is 0.0769. The van der Waals surface area contributed by atoms with E-state index in [1.165, 1.54) is 4.90 Å². The molecule has 1 aliphatic rings. The Labute approximate surface area is 172 Å². The molecule has 0 fully saturated rings. The SMILES string of the molecule is Cc1cccc(C)c1N1C(=O)c2cccc3c2c(cc2c4ccccc4oc32)C1=O. The number of carbonyl (C=O) groups is 2. The third-order valence-electron chi connectivity index (χ3n) is 6.03. The second-order valence-electron chi connectivity index (χ2n) is 7.81. The van der Waals surface area contributed by atoms with E-state index in [-0.39, 0.29) is 11.8 Å². The van der Waals surface area contributed by atoms with E-state index in [4.69, 9.17) is 4.42 Å². The van der Waals surface area contributed by atoms with Crippen molar-refractivity contribution in [3.05, 3.63) is 89.0 Å². The molecular formula is C26H17NO3. The fourth-order valence-electron chi connectivity index (χ4n) is 4.70. The molecule has 5 aromatic rings. The molecule has 0 spiro atoms. The molecule has 0 N–H and O–H groups in total. The van der Waals surface area contributed by atoms with E-state index in [1.807, 2.05) is 74.5 Å². The highest BCUT2D eigenvalue weighted by atomic mass is 16.3. The van der Waals surface area contributed by atoms with Crippen LogP contribution in [0.4, 0.5) is 5.69 Å². The zero-order valence-electron chi connectivity index (χ0n) is 16.5. The normalized spacial score (nSPS) is 13.7. The van der Waals surface area contributed by atoms with E-state index < -0.39 is 0 Å². The van der Waals surface area contributed by atoms with E-state index in [9.17, 15) is 9.59 Å². The van der Waals surface area contributed by atoms with Crippen molar-refractivity contribution in [3.63, 3.8) is 0 Å². The van der Waals surface area contributed by atoms with Crippen LogP contribution >= 0.6 is 0 Å². The maximum absolute atomic E-state index is 13.7. The molecule has 2 amide bonds. The van der Waals surface area contributed by atoms with E-state index >= 15 is 0 Å². The molecule has 2 heterocycles. The summed E-state index contributed by atoms with van der Waals surface area (Å²) in [5, 5.41) is 3.30. The van der Waals surface area contributed by atoms with Crippen LogP contribution in [0, 0.1) is 13.8 Å². The average Bonchev–Trinajstić information content (AvgIpc) is 3.13. The van der Waals surface area contributed by atoms with Gasteiger partial charge in [0.05, 0.1) is 5.69 Å². The summed E-state index contributed by atoms with van der Waals surface area (Å²) in [5.74, 6) is -0.598. The van der Waals surface area contributed by atoms with E-state index in [0.717, 1.165) is 32.9 Å². The van der Waals surface area contributed by atoms with Crippen molar-refractivity contribution in [2.75, 3.05) is 4.90 Å². The number of aryl methyl sites for hydroxylation is 2. The van der Waals surface area contributed by atoms with Gasteiger partial charge in [-0.25, -0.2) is 4.90 Å². The number of rotatable bonds is 1. The van der Waals surface area contributed by atoms with Crippen LogP contribution in [0.2, 0.25) is 0 Å². The zero-order chi connectivity index (χ0) is 20.6. The summed E-state index contributed by atoms with van der Waals surface area (Å²) in [6, 6.07) is 21.0. The van der Waals surface area contributed by atoms with Crippen molar-refractivity contribution in [3.8, 4) is 0 Å². The Balaban J connectivity index is 1.74. The molecule has 1 aliphatic heterocycles. The number of amides is 2.